The van der Waals surface area contributed by atoms with Crippen molar-refractivity contribution in [2.75, 3.05) is 18.9 Å². The average Bonchev–Trinajstić information content (AvgIpc) is 3.09. The molecule has 1 fully saturated rings. The summed E-state index contributed by atoms with van der Waals surface area (Å²) < 4.78 is 5.63. The van der Waals surface area contributed by atoms with Crippen LogP contribution in [-0.2, 0) is 4.74 Å². The molecular formula is C14H18N4O2S. The summed E-state index contributed by atoms with van der Waals surface area (Å²) in [5.74, 6) is 0.242. The van der Waals surface area contributed by atoms with E-state index in [2.05, 4.69) is 22.4 Å². The maximum atomic E-state index is 12.3. The van der Waals surface area contributed by atoms with E-state index in [1.54, 1.807) is 12.3 Å². The zero-order chi connectivity index (χ0) is 14.8. The van der Waals surface area contributed by atoms with Crippen LogP contribution in [0, 0.1) is 5.92 Å². The normalized spacial score (nSPS) is 21.8. The fraction of sp³-hybridized carbons (Fsp3) is 0.500. The van der Waals surface area contributed by atoms with Gasteiger partial charge in [-0.15, -0.1) is 16.4 Å². The highest BCUT2D eigenvalue weighted by molar-refractivity contribution is 7.21. The van der Waals surface area contributed by atoms with Gasteiger partial charge < -0.3 is 15.8 Å². The number of carbonyl (C=O) groups excluding carboxylic acids is 1. The SMILES string of the molecule is CCC1OCCC1CNC(=O)c1sc2nnccc2c1N. The molecule has 21 heavy (non-hydrogen) atoms. The maximum Gasteiger partial charge on any atom is 0.263 e. The highest BCUT2D eigenvalue weighted by Gasteiger charge is 2.27. The zero-order valence-electron chi connectivity index (χ0n) is 11.8. The van der Waals surface area contributed by atoms with Crippen LogP contribution in [-0.4, -0.2) is 35.4 Å². The highest BCUT2D eigenvalue weighted by Crippen LogP contribution is 2.31. The Hall–Kier alpha value is -1.73. The number of fused-ring (bicyclic) bond motifs is 1. The number of nitrogens with two attached hydrogens (primary N) is 1. The van der Waals surface area contributed by atoms with Crippen molar-refractivity contribution >= 4 is 33.1 Å². The summed E-state index contributed by atoms with van der Waals surface area (Å²) in [6.45, 7) is 3.50. The van der Waals surface area contributed by atoms with Crippen molar-refractivity contribution in [2.45, 2.75) is 25.9 Å². The van der Waals surface area contributed by atoms with Crippen LogP contribution in [0.5, 0.6) is 0 Å². The number of amides is 1. The second-order valence-electron chi connectivity index (χ2n) is 5.17. The summed E-state index contributed by atoms with van der Waals surface area (Å²) in [6, 6.07) is 1.78. The molecule has 2 unspecified atom stereocenters. The molecule has 3 heterocycles. The van der Waals surface area contributed by atoms with Crippen LogP contribution in [0.2, 0.25) is 0 Å². The largest absolute Gasteiger partial charge is 0.397 e. The Morgan fingerprint density at radius 3 is 3.24 bits per heavy atom. The minimum Gasteiger partial charge on any atom is -0.397 e. The van der Waals surface area contributed by atoms with Gasteiger partial charge in [-0.05, 0) is 18.9 Å². The predicted molar refractivity (Wildman–Crippen MR) is 82.3 cm³/mol. The van der Waals surface area contributed by atoms with E-state index in [0.29, 0.717) is 27.9 Å². The number of anilines is 1. The Balaban J connectivity index is 1.71. The highest BCUT2D eigenvalue weighted by atomic mass is 32.1. The molecule has 0 aliphatic carbocycles. The van der Waals surface area contributed by atoms with E-state index < -0.39 is 0 Å². The minimum atomic E-state index is -0.141. The van der Waals surface area contributed by atoms with Gasteiger partial charge in [0.1, 0.15) is 9.71 Å². The first-order valence-corrected chi connectivity index (χ1v) is 7.91. The Morgan fingerprint density at radius 1 is 1.62 bits per heavy atom. The fourth-order valence-electron chi connectivity index (χ4n) is 2.72. The molecule has 2 aromatic heterocycles. The Bertz CT molecular complexity index is 657. The van der Waals surface area contributed by atoms with Crippen LogP contribution in [0.4, 0.5) is 5.69 Å². The third-order valence-electron chi connectivity index (χ3n) is 3.90. The Morgan fingerprint density at radius 2 is 2.48 bits per heavy atom. The molecule has 1 amide bonds. The molecule has 2 aromatic rings. The topological polar surface area (TPSA) is 90.1 Å². The van der Waals surface area contributed by atoms with Gasteiger partial charge in [-0.25, -0.2) is 0 Å². The third kappa shape index (κ3) is 2.71. The Labute approximate surface area is 126 Å². The quantitative estimate of drug-likeness (QED) is 0.899. The van der Waals surface area contributed by atoms with Crippen molar-refractivity contribution < 1.29 is 9.53 Å². The molecule has 1 aliphatic rings. The molecule has 1 saturated heterocycles. The smallest absolute Gasteiger partial charge is 0.263 e. The van der Waals surface area contributed by atoms with Crippen LogP contribution in [0.3, 0.4) is 0 Å². The lowest BCUT2D eigenvalue weighted by Crippen LogP contribution is -2.32. The van der Waals surface area contributed by atoms with E-state index in [4.69, 9.17) is 10.5 Å². The molecule has 112 valence electrons. The number of aromatic nitrogens is 2. The molecule has 0 bridgehead atoms. The summed E-state index contributed by atoms with van der Waals surface area (Å²) in [4.78, 5) is 13.5. The molecule has 2 atom stereocenters. The van der Waals surface area contributed by atoms with E-state index in [1.165, 1.54) is 11.3 Å². The number of hydrogen-bond donors (Lipinski definition) is 2. The van der Waals surface area contributed by atoms with Crippen molar-refractivity contribution in [3.63, 3.8) is 0 Å². The van der Waals surface area contributed by atoms with E-state index in [1.807, 2.05) is 0 Å². The van der Waals surface area contributed by atoms with Crippen molar-refractivity contribution in [3.8, 4) is 0 Å². The summed E-state index contributed by atoms with van der Waals surface area (Å²) in [7, 11) is 0. The molecule has 0 radical (unpaired) electrons. The first-order chi connectivity index (χ1) is 10.2. The molecule has 0 spiro atoms. The number of nitrogens with one attached hydrogen (secondary N) is 1. The molecule has 1 aliphatic heterocycles. The number of nitrogens with zero attached hydrogens (tertiary/aromatic N) is 2. The number of nitrogen functional groups attached to an aromatic ring is 1. The van der Waals surface area contributed by atoms with Crippen LogP contribution in [0.15, 0.2) is 12.3 Å². The van der Waals surface area contributed by atoms with Crippen LogP contribution in [0.1, 0.15) is 29.4 Å². The second kappa shape index (κ2) is 5.95. The van der Waals surface area contributed by atoms with Gasteiger partial charge in [0.25, 0.3) is 5.91 Å². The van der Waals surface area contributed by atoms with Crippen LogP contribution in [0.25, 0.3) is 10.2 Å². The van der Waals surface area contributed by atoms with Crippen molar-refractivity contribution in [1.29, 1.82) is 0 Å². The van der Waals surface area contributed by atoms with Gasteiger partial charge in [0.2, 0.25) is 0 Å². The zero-order valence-corrected chi connectivity index (χ0v) is 12.7. The molecule has 3 N–H and O–H groups in total. The maximum absolute atomic E-state index is 12.3. The fourth-order valence-corrected chi connectivity index (χ4v) is 3.68. The molecular weight excluding hydrogens is 288 g/mol. The monoisotopic (exact) mass is 306 g/mol. The number of thiophene rings is 1. The lowest BCUT2D eigenvalue weighted by molar-refractivity contribution is 0.0828. The van der Waals surface area contributed by atoms with E-state index >= 15 is 0 Å². The molecule has 0 aromatic carbocycles. The number of rotatable bonds is 4. The van der Waals surface area contributed by atoms with E-state index in [-0.39, 0.29) is 12.0 Å². The summed E-state index contributed by atoms with van der Waals surface area (Å²) in [6.07, 6.45) is 3.79. The second-order valence-corrected chi connectivity index (χ2v) is 6.17. The first-order valence-electron chi connectivity index (χ1n) is 7.10. The molecule has 3 rings (SSSR count). The van der Waals surface area contributed by atoms with Gasteiger partial charge in [0, 0.05) is 24.5 Å². The van der Waals surface area contributed by atoms with Gasteiger partial charge in [0.05, 0.1) is 18.0 Å². The van der Waals surface area contributed by atoms with Crippen molar-refractivity contribution in [3.05, 3.63) is 17.1 Å². The summed E-state index contributed by atoms with van der Waals surface area (Å²) in [5.41, 5.74) is 6.52. The minimum absolute atomic E-state index is 0.141. The van der Waals surface area contributed by atoms with Crippen LogP contribution < -0.4 is 11.1 Å². The standard InChI is InChI=1S/C14H18N4O2S/c1-2-10-8(4-6-20-10)7-16-13(19)12-11(15)9-3-5-17-18-14(9)21-12/h3,5,8,10H,2,4,6-7,15H2,1H3,(H,16,19). The molecule has 6 nitrogen and oxygen atoms in total. The lowest BCUT2D eigenvalue weighted by atomic mass is 10.00. The van der Waals surface area contributed by atoms with Crippen molar-refractivity contribution in [2.24, 2.45) is 5.92 Å². The van der Waals surface area contributed by atoms with Gasteiger partial charge in [-0.2, -0.15) is 5.10 Å². The Kier molecular flexibility index (Phi) is 4.03. The first kappa shape index (κ1) is 14.2. The average molecular weight is 306 g/mol. The van der Waals surface area contributed by atoms with E-state index in [9.17, 15) is 4.79 Å². The number of carbonyl (C=O) groups is 1. The number of hydrogen-bond acceptors (Lipinski definition) is 6. The van der Waals surface area contributed by atoms with Gasteiger partial charge in [0.15, 0.2) is 0 Å². The molecule has 0 saturated carbocycles. The molecule has 7 heteroatoms. The number of ether oxygens (including phenoxy) is 1. The summed E-state index contributed by atoms with van der Waals surface area (Å²) >= 11 is 1.28. The van der Waals surface area contributed by atoms with Crippen molar-refractivity contribution in [1.82, 2.24) is 15.5 Å². The lowest BCUT2D eigenvalue weighted by Gasteiger charge is -2.17. The van der Waals surface area contributed by atoms with Gasteiger partial charge >= 0.3 is 0 Å². The van der Waals surface area contributed by atoms with Crippen LogP contribution >= 0.6 is 11.3 Å². The predicted octanol–water partition coefficient (Wildman–Crippen LogP) is 1.82. The van der Waals surface area contributed by atoms with E-state index in [0.717, 1.165) is 24.8 Å². The summed E-state index contributed by atoms with van der Waals surface area (Å²) in [5, 5.41) is 11.6. The third-order valence-corrected chi connectivity index (χ3v) is 5.00. The van der Waals surface area contributed by atoms with Gasteiger partial charge in [-0.1, -0.05) is 6.92 Å². The van der Waals surface area contributed by atoms with Gasteiger partial charge in [-0.3, -0.25) is 4.79 Å².